The third-order valence-corrected chi connectivity index (χ3v) is 13.3. The van der Waals surface area contributed by atoms with Crippen LogP contribution < -0.4 is 4.90 Å². The molecule has 0 amide bonds. The summed E-state index contributed by atoms with van der Waals surface area (Å²) < 4.78 is 2.42. The third-order valence-electron chi connectivity index (χ3n) is 13.3. The molecule has 0 fully saturated rings. The van der Waals surface area contributed by atoms with Crippen LogP contribution in [0.2, 0.25) is 0 Å². The summed E-state index contributed by atoms with van der Waals surface area (Å²) in [4.78, 5) is 2.43. The van der Waals surface area contributed by atoms with Crippen molar-refractivity contribution in [2.24, 2.45) is 0 Å². The molecule has 0 N–H and O–H groups in total. The van der Waals surface area contributed by atoms with Gasteiger partial charge in [-0.15, -0.1) is 0 Å². The number of aromatic nitrogens is 1. The molecule has 1 aromatic heterocycles. The van der Waals surface area contributed by atoms with Gasteiger partial charge in [-0.2, -0.15) is 0 Å². The van der Waals surface area contributed by atoms with Gasteiger partial charge in [-0.05, 0) is 118 Å². The predicted octanol–water partition coefficient (Wildman–Crippen LogP) is 16.2. The zero-order valence-electron chi connectivity index (χ0n) is 34.9. The van der Waals surface area contributed by atoms with Gasteiger partial charge >= 0.3 is 0 Å². The molecule has 2 aliphatic carbocycles. The van der Waals surface area contributed by atoms with Crippen molar-refractivity contribution in [2.75, 3.05) is 4.90 Å². The van der Waals surface area contributed by atoms with Crippen molar-refractivity contribution in [2.45, 2.75) is 18.3 Å². The minimum absolute atomic E-state index is 0.455. The first kappa shape index (κ1) is 36.9. The number of rotatable bonds is 8. The van der Waals surface area contributed by atoms with Crippen LogP contribution in [0.3, 0.4) is 0 Å². The minimum Gasteiger partial charge on any atom is -0.310 e. The molecule has 1 unspecified atom stereocenters. The Labute approximate surface area is 369 Å². The molecule has 63 heavy (non-hydrogen) atoms. The molecule has 0 radical (unpaired) electrons. The fourth-order valence-electron chi connectivity index (χ4n) is 10.5. The van der Waals surface area contributed by atoms with E-state index in [4.69, 9.17) is 0 Å². The van der Waals surface area contributed by atoms with E-state index in [9.17, 15) is 0 Å². The summed E-state index contributed by atoms with van der Waals surface area (Å²) in [5.74, 6) is 0. The van der Waals surface area contributed by atoms with Crippen molar-refractivity contribution in [1.29, 1.82) is 0 Å². The van der Waals surface area contributed by atoms with Gasteiger partial charge in [0.2, 0.25) is 0 Å². The highest BCUT2D eigenvalue weighted by Crippen LogP contribution is 2.58. The molecule has 298 valence electrons. The Morgan fingerprint density at radius 2 is 0.937 bits per heavy atom. The lowest BCUT2D eigenvalue weighted by Crippen LogP contribution is -2.29. The van der Waals surface area contributed by atoms with Crippen molar-refractivity contribution in [3.63, 3.8) is 0 Å². The summed E-state index contributed by atoms with van der Waals surface area (Å²) in [6, 6.07) is 82.5. The second kappa shape index (κ2) is 15.2. The second-order valence-electron chi connectivity index (χ2n) is 16.7. The van der Waals surface area contributed by atoms with Crippen LogP contribution in [0, 0.1) is 0 Å². The zero-order chi connectivity index (χ0) is 41.7. The smallest absolute Gasteiger partial charge is 0.0711 e. The standard InChI is InChI=1S/C61H44N2/c1-4-18-43(19-5-1)44-32-36-48(37-33-44)62(49-38-34-45(35-39-49)51-24-11-15-29-58(51)63-59-30-16-12-26-54(59)55-27-13-17-31-60(55)63)50-40-41-53-52-25-10-14-28-56(52)61(57(53)42-50,46-20-6-2-7-21-46)47-22-8-3-9-23-47/h1-2,4-8,10-42H,3,9H2. The first-order chi connectivity index (χ1) is 31.3. The van der Waals surface area contributed by atoms with Gasteiger partial charge in [-0.25, -0.2) is 0 Å². The number of para-hydroxylation sites is 3. The van der Waals surface area contributed by atoms with E-state index in [1.807, 2.05) is 0 Å². The number of allylic oxidation sites excluding steroid dienone is 4. The van der Waals surface area contributed by atoms with Crippen LogP contribution in [0.15, 0.2) is 248 Å². The molecule has 1 atom stereocenters. The molecule has 10 aromatic rings. The van der Waals surface area contributed by atoms with E-state index in [-0.39, 0.29) is 0 Å². The summed E-state index contributed by atoms with van der Waals surface area (Å²) in [5, 5.41) is 2.52. The molecule has 12 rings (SSSR count). The van der Waals surface area contributed by atoms with E-state index in [0.717, 1.165) is 35.6 Å². The highest BCUT2D eigenvalue weighted by molar-refractivity contribution is 6.09. The van der Waals surface area contributed by atoms with Crippen LogP contribution in [0.4, 0.5) is 17.1 Å². The van der Waals surface area contributed by atoms with Crippen molar-refractivity contribution >= 4 is 38.9 Å². The predicted molar refractivity (Wildman–Crippen MR) is 265 cm³/mol. The highest BCUT2D eigenvalue weighted by Gasteiger charge is 2.47. The largest absolute Gasteiger partial charge is 0.310 e. The van der Waals surface area contributed by atoms with Crippen molar-refractivity contribution in [3.05, 3.63) is 265 Å². The van der Waals surface area contributed by atoms with Gasteiger partial charge in [-0.3, -0.25) is 0 Å². The molecule has 2 nitrogen and oxygen atoms in total. The molecule has 2 aliphatic rings. The Kier molecular flexibility index (Phi) is 8.90. The Bertz CT molecular complexity index is 3320. The minimum atomic E-state index is -0.455. The first-order valence-corrected chi connectivity index (χ1v) is 22.1. The van der Waals surface area contributed by atoms with Crippen molar-refractivity contribution in [3.8, 4) is 39.1 Å². The lowest BCUT2D eigenvalue weighted by molar-refractivity contribution is 0.751. The summed E-state index contributed by atoms with van der Waals surface area (Å²) in [5.41, 5.74) is 19.1. The number of fused-ring (bicyclic) bond motifs is 6. The number of benzene rings is 9. The van der Waals surface area contributed by atoms with Crippen LogP contribution >= 0.6 is 0 Å². The van der Waals surface area contributed by atoms with Crippen LogP contribution in [0.5, 0.6) is 0 Å². The molecule has 0 saturated heterocycles. The van der Waals surface area contributed by atoms with E-state index < -0.39 is 5.41 Å². The van der Waals surface area contributed by atoms with Gasteiger partial charge in [0, 0.05) is 33.4 Å². The van der Waals surface area contributed by atoms with Crippen molar-refractivity contribution < 1.29 is 0 Å². The zero-order valence-corrected chi connectivity index (χ0v) is 34.9. The lowest BCUT2D eigenvalue weighted by Gasteiger charge is -2.36. The average molecular weight is 805 g/mol. The molecule has 0 bridgehead atoms. The van der Waals surface area contributed by atoms with Gasteiger partial charge in [0.1, 0.15) is 0 Å². The van der Waals surface area contributed by atoms with Gasteiger partial charge in [0.15, 0.2) is 0 Å². The van der Waals surface area contributed by atoms with Crippen LogP contribution in [0.25, 0.3) is 60.9 Å². The molecule has 0 aliphatic heterocycles. The van der Waals surface area contributed by atoms with E-state index >= 15 is 0 Å². The maximum Gasteiger partial charge on any atom is 0.0711 e. The topological polar surface area (TPSA) is 8.17 Å². The lowest BCUT2D eigenvalue weighted by atomic mass is 9.66. The third kappa shape index (κ3) is 5.94. The molecule has 0 saturated carbocycles. The fourth-order valence-corrected chi connectivity index (χ4v) is 10.5. The van der Waals surface area contributed by atoms with Crippen LogP contribution in [0.1, 0.15) is 29.5 Å². The molecule has 9 aromatic carbocycles. The normalized spacial score (nSPS) is 15.3. The van der Waals surface area contributed by atoms with Gasteiger partial charge in [0.05, 0.1) is 22.1 Å². The maximum atomic E-state index is 2.47. The average Bonchev–Trinajstić information content (AvgIpc) is 3.86. The van der Waals surface area contributed by atoms with E-state index in [1.54, 1.807) is 0 Å². The molecule has 2 heteroatoms. The number of anilines is 3. The van der Waals surface area contributed by atoms with E-state index in [2.05, 4.69) is 252 Å². The Balaban J connectivity index is 1.03. The second-order valence-corrected chi connectivity index (χ2v) is 16.7. The Morgan fingerprint density at radius 3 is 1.62 bits per heavy atom. The number of hydrogen-bond donors (Lipinski definition) is 0. The quantitative estimate of drug-likeness (QED) is 0.149. The summed E-state index contributed by atoms with van der Waals surface area (Å²) >= 11 is 0. The Hall–Kier alpha value is -7.94. The van der Waals surface area contributed by atoms with E-state index in [0.29, 0.717) is 0 Å². The molecule has 1 heterocycles. The van der Waals surface area contributed by atoms with E-state index in [1.165, 1.54) is 77.5 Å². The molecule has 0 spiro atoms. The molecular formula is C61H44N2. The summed E-state index contributed by atoms with van der Waals surface area (Å²) in [6.45, 7) is 0. The van der Waals surface area contributed by atoms with Crippen molar-refractivity contribution in [1.82, 2.24) is 4.57 Å². The SMILES string of the molecule is C1=CC(C2(c3ccccc3)c3ccccc3-c3ccc(N(c4ccc(-c5ccccc5)cc4)c4ccc(-c5ccccc5-n5c6ccccc6c6ccccc65)cc4)cc32)=CCC1. The van der Waals surface area contributed by atoms with Crippen LogP contribution in [-0.4, -0.2) is 4.57 Å². The summed E-state index contributed by atoms with van der Waals surface area (Å²) in [6.07, 6.45) is 9.30. The monoisotopic (exact) mass is 804 g/mol. The maximum absolute atomic E-state index is 2.47. The number of hydrogen-bond acceptors (Lipinski definition) is 1. The fraction of sp³-hybridized carbons (Fsp3) is 0.0492. The van der Waals surface area contributed by atoms with Gasteiger partial charge < -0.3 is 9.47 Å². The highest BCUT2D eigenvalue weighted by atomic mass is 15.1. The first-order valence-electron chi connectivity index (χ1n) is 22.1. The molecular weight excluding hydrogens is 761 g/mol. The van der Waals surface area contributed by atoms with Crippen LogP contribution in [-0.2, 0) is 5.41 Å². The Morgan fingerprint density at radius 1 is 0.397 bits per heavy atom. The summed E-state index contributed by atoms with van der Waals surface area (Å²) in [7, 11) is 0. The van der Waals surface area contributed by atoms with Gasteiger partial charge in [0.25, 0.3) is 0 Å². The number of nitrogens with zero attached hydrogens (tertiary/aromatic N) is 2. The van der Waals surface area contributed by atoms with Gasteiger partial charge in [-0.1, -0.05) is 188 Å².